The van der Waals surface area contributed by atoms with E-state index in [0.29, 0.717) is 45.7 Å². The molecule has 9 heteroatoms. The van der Waals surface area contributed by atoms with Gasteiger partial charge in [-0.15, -0.1) is 12.4 Å². The molecule has 1 atom stereocenters. The first kappa shape index (κ1) is 19.1. The smallest absolute Gasteiger partial charge is 0.279 e. The first-order valence-corrected chi connectivity index (χ1v) is 8.67. The average Bonchev–Trinajstić information content (AvgIpc) is 2.86. The van der Waals surface area contributed by atoms with E-state index in [2.05, 4.69) is 10.0 Å². The summed E-state index contributed by atoms with van der Waals surface area (Å²) in [6, 6.07) is 0.118. The van der Waals surface area contributed by atoms with Crippen molar-refractivity contribution >= 4 is 22.6 Å². The Morgan fingerprint density at radius 3 is 2.33 bits per heavy atom. The second kappa shape index (κ2) is 8.05. The van der Waals surface area contributed by atoms with E-state index in [4.69, 9.17) is 9.47 Å². The molecule has 2 fully saturated rings. The van der Waals surface area contributed by atoms with Gasteiger partial charge in [-0.1, -0.05) is 6.92 Å². The average molecular weight is 344 g/mol. The van der Waals surface area contributed by atoms with Gasteiger partial charge >= 0.3 is 0 Å². The maximum Gasteiger partial charge on any atom is 0.279 e. The van der Waals surface area contributed by atoms with E-state index in [9.17, 15) is 8.42 Å². The topological polar surface area (TPSA) is 79.9 Å². The molecule has 2 rings (SSSR count). The van der Waals surface area contributed by atoms with Crippen LogP contribution in [0.3, 0.4) is 0 Å². The molecule has 2 N–H and O–H groups in total. The van der Waals surface area contributed by atoms with Crippen LogP contribution in [0.2, 0.25) is 0 Å². The van der Waals surface area contributed by atoms with Crippen LogP contribution in [0.4, 0.5) is 0 Å². The zero-order chi connectivity index (χ0) is 14.6. The summed E-state index contributed by atoms with van der Waals surface area (Å²) in [7, 11) is -3.41. The van der Waals surface area contributed by atoms with Gasteiger partial charge in [-0.3, -0.25) is 0 Å². The van der Waals surface area contributed by atoms with Crippen molar-refractivity contribution in [2.75, 3.05) is 39.4 Å². The van der Waals surface area contributed by atoms with Crippen LogP contribution < -0.4 is 10.0 Å². The minimum atomic E-state index is -3.41. The fourth-order valence-corrected chi connectivity index (χ4v) is 3.90. The van der Waals surface area contributed by atoms with Gasteiger partial charge in [-0.05, 0) is 13.5 Å². The summed E-state index contributed by atoms with van der Waals surface area (Å²) in [5.74, 6) is -0.539. The van der Waals surface area contributed by atoms with Crippen molar-refractivity contribution < 1.29 is 17.9 Å². The summed E-state index contributed by atoms with van der Waals surface area (Å²) in [6.45, 7) is 7.25. The van der Waals surface area contributed by atoms with Crippen LogP contribution >= 0.6 is 12.4 Å². The van der Waals surface area contributed by atoms with E-state index in [1.54, 1.807) is 0 Å². The Labute approximate surface area is 133 Å². The zero-order valence-corrected chi connectivity index (χ0v) is 14.3. The molecule has 2 heterocycles. The number of hydrogen-bond acceptors (Lipinski definition) is 5. The van der Waals surface area contributed by atoms with Crippen LogP contribution in [-0.4, -0.2) is 63.9 Å². The normalized spacial score (nSPS) is 23.9. The van der Waals surface area contributed by atoms with Crippen molar-refractivity contribution in [3.05, 3.63) is 0 Å². The van der Waals surface area contributed by atoms with Gasteiger partial charge in [0, 0.05) is 38.5 Å². The Morgan fingerprint density at radius 2 is 1.81 bits per heavy atom. The maximum atomic E-state index is 12.2. The van der Waals surface area contributed by atoms with Crippen LogP contribution in [0.5, 0.6) is 0 Å². The van der Waals surface area contributed by atoms with E-state index in [1.807, 2.05) is 13.8 Å². The monoisotopic (exact) mass is 343 g/mol. The SMILES string of the molecule is CCN[C@H](C)CNS(=O)(=O)N1CCC2(CC1)OCCO2.Cl. The van der Waals surface area contributed by atoms with Gasteiger partial charge < -0.3 is 14.8 Å². The Bertz CT molecular complexity index is 405. The fourth-order valence-electron chi connectivity index (χ4n) is 2.60. The van der Waals surface area contributed by atoms with Crippen LogP contribution in [-0.2, 0) is 19.7 Å². The summed E-state index contributed by atoms with van der Waals surface area (Å²) in [5.41, 5.74) is 0. The van der Waals surface area contributed by atoms with Gasteiger partial charge in [-0.25, -0.2) is 4.72 Å². The molecule has 2 aliphatic heterocycles. The Kier molecular flexibility index (Phi) is 7.32. The molecular weight excluding hydrogens is 318 g/mol. The molecule has 0 aromatic carbocycles. The van der Waals surface area contributed by atoms with E-state index in [1.165, 1.54) is 4.31 Å². The third-order valence-electron chi connectivity index (χ3n) is 3.76. The highest BCUT2D eigenvalue weighted by molar-refractivity contribution is 7.87. The summed E-state index contributed by atoms with van der Waals surface area (Å²) in [6.07, 6.45) is 1.19. The number of halogens is 1. The quantitative estimate of drug-likeness (QED) is 0.714. The van der Waals surface area contributed by atoms with Crippen molar-refractivity contribution in [2.24, 2.45) is 0 Å². The summed E-state index contributed by atoms with van der Waals surface area (Å²) in [4.78, 5) is 0. The Morgan fingerprint density at radius 1 is 1.24 bits per heavy atom. The number of ether oxygens (including phenoxy) is 2. The number of nitrogens with zero attached hydrogens (tertiary/aromatic N) is 1. The van der Waals surface area contributed by atoms with Gasteiger partial charge in [0.1, 0.15) is 0 Å². The highest BCUT2D eigenvalue weighted by Gasteiger charge is 2.42. The Balaban J connectivity index is 0.00000220. The van der Waals surface area contributed by atoms with Crippen molar-refractivity contribution in [3.8, 4) is 0 Å². The van der Waals surface area contributed by atoms with E-state index in [0.717, 1.165) is 6.54 Å². The third-order valence-corrected chi connectivity index (χ3v) is 5.34. The van der Waals surface area contributed by atoms with Crippen molar-refractivity contribution in [2.45, 2.75) is 38.5 Å². The largest absolute Gasteiger partial charge is 0.347 e. The molecule has 21 heavy (non-hydrogen) atoms. The van der Waals surface area contributed by atoms with Crippen LogP contribution in [0.15, 0.2) is 0 Å². The minimum absolute atomic E-state index is 0. The molecule has 126 valence electrons. The summed E-state index contributed by atoms with van der Waals surface area (Å²) >= 11 is 0. The van der Waals surface area contributed by atoms with Crippen LogP contribution in [0.1, 0.15) is 26.7 Å². The molecular formula is C12H26ClN3O4S. The van der Waals surface area contributed by atoms with Crippen LogP contribution in [0, 0.1) is 0 Å². The predicted molar refractivity (Wildman–Crippen MR) is 82.8 cm³/mol. The minimum Gasteiger partial charge on any atom is -0.347 e. The molecule has 2 aliphatic rings. The highest BCUT2D eigenvalue weighted by Crippen LogP contribution is 2.31. The maximum absolute atomic E-state index is 12.2. The molecule has 2 saturated heterocycles. The van der Waals surface area contributed by atoms with E-state index in [-0.39, 0.29) is 18.4 Å². The lowest BCUT2D eigenvalue weighted by atomic mass is 10.1. The number of piperidine rings is 1. The molecule has 0 bridgehead atoms. The highest BCUT2D eigenvalue weighted by atomic mass is 35.5. The lowest BCUT2D eigenvalue weighted by Crippen LogP contribution is -2.52. The number of hydrogen-bond donors (Lipinski definition) is 2. The first-order chi connectivity index (χ1) is 9.47. The van der Waals surface area contributed by atoms with Crippen molar-refractivity contribution in [1.29, 1.82) is 0 Å². The Hall–Kier alpha value is 0.0400. The lowest BCUT2D eigenvalue weighted by molar-refractivity contribution is -0.179. The van der Waals surface area contributed by atoms with Gasteiger partial charge in [0.25, 0.3) is 10.2 Å². The zero-order valence-electron chi connectivity index (χ0n) is 12.6. The molecule has 0 radical (unpaired) electrons. The van der Waals surface area contributed by atoms with Crippen molar-refractivity contribution in [1.82, 2.24) is 14.3 Å². The number of likely N-dealkylation sites (N-methyl/N-ethyl adjacent to an activating group) is 1. The molecule has 0 aliphatic carbocycles. The summed E-state index contributed by atoms with van der Waals surface area (Å²) in [5, 5.41) is 3.18. The number of rotatable bonds is 6. The van der Waals surface area contributed by atoms with Crippen molar-refractivity contribution in [3.63, 3.8) is 0 Å². The summed E-state index contributed by atoms with van der Waals surface area (Å²) < 4.78 is 39.7. The van der Waals surface area contributed by atoms with Gasteiger partial charge in [0.15, 0.2) is 5.79 Å². The molecule has 0 aromatic rings. The van der Waals surface area contributed by atoms with Crippen LogP contribution in [0.25, 0.3) is 0 Å². The van der Waals surface area contributed by atoms with Gasteiger partial charge in [0.05, 0.1) is 13.2 Å². The molecule has 0 unspecified atom stereocenters. The number of nitrogens with one attached hydrogen (secondary N) is 2. The van der Waals surface area contributed by atoms with Gasteiger partial charge in [0.2, 0.25) is 0 Å². The first-order valence-electron chi connectivity index (χ1n) is 7.23. The third kappa shape index (κ3) is 5.02. The molecule has 7 nitrogen and oxygen atoms in total. The second-order valence-electron chi connectivity index (χ2n) is 5.32. The van der Waals surface area contributed by atoms with E-state index >= 15 is 0 Å². The molecule has 0 aromatic heterocycles. The second-order valence-corrected chi connectivity index (χ2v) is 7.07. The molecule has 0 amide bonds. The van der Waals surface area contributed by atoms with Gasteiger partial charge in [-0.2, -0.15) is 12.7 Å². The standard InChI is InChI=1S/C12H25N3O4S.ClH/c1-3-13-11(2)10-14-20(16,17)15-6-4-12(5-7-15)18-8-9-19-12;/h11,13-14H,3-10H2,1-2H3;1H/t11-;/m1./s1. The lowest BCUT2D eigenvalue weighted by Gasteiger charge is -2.36. The fraction of sp³-hybridized carbons (Fsp3) is 1.00. The molecule has 1 spiro atoms. The van der Waals surface area contributed by atoms with E-state index < -0.39 is 16.0 Å². The molecule has 0 saturated carbocycles. The predicted octanol–water partition coefficient (Wildman–Crippen LogP) is 0.0795.